The van der Waals surface area contributed by atoms with Crippen molar-refractivity contribution in [1.29, 1.82) is 0 Å². The molecule has 1 aromatic rings. The molecule has 0 saturated heterocycles. The number of aliphatic imine (C=N–C) groups is 1. The summed E-state index contributed by atoms with van der Waals surface area (Å²) in [4.78, 5) is 23.3. The maximum Gasteiger partial charge on any atom is 0.306 e. The summed E-state index contributed by atoms with van der Waals surface area (Å²) in [6.45, 7) is 6.09. The molecule has 0 bridgehead atoms. The highest BCUT2D eigenvalue weighted by atomic mass is 32.1. The highest BCUT2D eigenvalue weighted by molar-refractivity contribution is 7.09. The standard InChI is InChI=1S/C20H34N4O3S/c1-5-21-20(22-12-8-11-18(25)27-17-9-6-7-10-17)24(3)13-16-14-28-19(23-16)15(2)26-4/h14-15,17H,5-13H2,1-4H3,(H,21,22). The molecule has 28 heavy (non-hydrogen) atoms. The van der Waals surface area contributed by atoms with E-state index in [0.717, 1.165) is 36.0 Å². The third kappa shape index (κ3) is 7.39. The Labute approximate surface area is 172 Å². The van der Waals surface area contributed by atoms with Gasteiger partial charge in [-0.25, -0.2) is 4.98 Å². The van der Waals surface area contributed by atoms with Crippen molar-refractivity contribution in [3.8, 4) is 0 Å². The maximum atomic E-state index is 11.9. The average molecular weight is 411 g/mol. The SMILES string of the molecule is CCNC(=NCCCC(=O)OC1CCCC1)N(C)Cc1csc(C(C)OC)n1. The number of guanidine groups is 1. The molecule has 1 N–H and O–H groups in total. The summed E-state index contributed by atoms with van der Waals surface area (Å²) in [6.07, 6.45) is 5.64. The van der Waals surface area contributed by atoms with E-state index in [2.05, 4.69) is 25.6 Å². The smallest absolute Gasteiger partial charge is 0.306 e. The van der Waals surface area contributed by atoms with Gasteiger partial charge in [-0.15, -0.1) is 11.3 Å². The fourth-order valence-corrected chi connectivity index (χ4v) is 3.97. The van der Waals surface area contributed by atoms with Crippen molar-refractivity contribution < 1.29 is 14.3 Å². The van der Waals surface area contributed by atoms with Crippen LogP contribution in [-0.2, 0) is 20.8 Å². The number of carbonyl (C=O) groups is 1. The molecule has 0 spiro atoms. The van der Waals surface area contributed by atoms with E-state index in [1.165, 1.54) is 12.8 Å². The zero-order valence-corrected chi connectivity index (χ0v) is 18.4. The van der Waals surface area contributed by atoms with Gasteiger partial charge >= 0.3 is 5.97 Å². The monoisotopic (exact) mass is 410 g/mol. The van der Waals surface area contributed by atoms with Gasteiger partial charge in [-0.2, -0.15) is 0 Å². The fraction of sp³-hybridized carbons (Fsp3) is 0.750. The molecule has 0 aromatic carbocycles. The van der Waals surface area contributed by atoms with Crippen molar-refractivity contribution in [3.63, 3.8) is 0 Å². The minimum Gasteiger partial charge on any atom is -0.462 e. The second kappa shape index (κ2) is 12.0. The van der Waals surface area contributed by atoms with Crippen molar-refractivity contribution in [1.82, 2.24) is 15.2 Å². The Bertz CT molecular complexity index is 629. The topological polar surface area (TPSA) is 76.0 Å². The number of methoxy groups -OCH3 is 1. The summed E-state index contributed by atoms with van der Waals surface area (Å²) in [6, 6.07) is 0. The van der Waals surface area contributed by atoms with E-state index in [1.807, 2.05) is 20.9 Å². The Morgan fingerprint density at radius 2 is 2.21 bits per heavy atom. The third-order valence-electron chi connectivity index (χ3n) is 4.77. The lowest BCUT2D eigenvalue weighted by Gasteiger charge is -2.21. The molecule has 0 aliphatic heterocycles. The van der Waals surface area contributed by atoms with Crippen LogP contribution in [0.5, 0.6) is 0 Å². The first kappa shape index (κ1) is 22.6. The largest absolute Gasteiger partial charge is 0.462 e. The Morgan fingerprint density at radius 1 is 1.46 bits per heavy atom. The summed E-state index contributed by atoms with van der Waals surface area (Å²) in [7, 11) is 3.69. The lowest BCUT2D eigenvalue weighted by atomic mass is 10.3. The summed E-state index contributed by atoms with van der Waals surface area (Å²) < 4.78 is 10.8. The van der Waals surface area contributed by atoms with Gasteiger partial charge in [0, 0.05) is 39.0 Å². The quantitative estimate of drug-likeness (QED) is 0.275. The van der Waals surface area contributed by atoms with Crippen LogP contribution < -0.4 is 5.32 Å². The molecule has 1 aliphatic rings. The molecule has 1 heterocycles. The van der Waals surface area contributed by atoms with Crippen LogP contribution >= 0.6 is 11.3 Å². The first-order valence-electron chi connectivity index (χ1n) is 10.2. The van der Waals surface area contributed by atoms with E-state index >= 15 is 0 Å². The van der Waals surface area contributed by atoms with Crippen LogP contribution in [0.1, 0.15) is 69.2 Å². The van der Waals surface area contributed by atoms with Gasteiger partial charge in [0.25, 0.3) is 0 Å². The maximum absolute atomic E-state index is 11.9. The molecule has 1 aliphatic carbocycles. The number of ether oxygens (including phenoxy) is 2. The molecule has 2 rings (SSSR count). The van der Waals surface area contributed by atoms with Gasteiger partial charge in [0.15, 0.2) is 5.96 Å². The molecule has 7 nitrogen and oxygen atoms in total. The number of rotatable bonds is 10. The molecule has 1 aromatic heterocycles. The molecule has 158 valence electrons. The Kier molecular flexibility index (Phi) is 9.70. The minimum absolute atomic E-state index is 0.00921. The summed E-state index contributed by atoms with van der Waals surface area (Å²) in [5, 5.41) is 6.34. The zero-order valence-electron chi connectivity index (χ0n) is 17.6. The predicted octanol–water partition coefficient (Wildman–Crippen LogP) is 3.51. The number of thiazole rings is 1. The molecular weight excluding hydrogens is 376 g/mol. The van der Waals surface area contributed by atoms with Gasteiger partial charge in [0.05, 0.1) is 12.2 Å². The first-order chi connectivity index (χ1) is 13.5. The molecule has 8 heteroatoms. The zero-order chi connectivity index (χ0) is 20.4. The molecule has 0 amide bonds. The highest BCUT2D eigenvalue weighted by Gasteiger charge is 2.18. The molecule has 1 saturated carbocycles. The van der Waals surface area contributed by atoms with Crippen LogP contribution in [0.3, 0.4) is 0 Å². The van der Waals surface area contributed by atoms with Gasteiger partial charge in [-0.3, -0.25) is 9.79 Å². The van der Waals surface area contributed by atoms with Gasteiger partial charge in [0.2, 0.25) is 0 Å². The number of carbonyl (C=O) groups excluding carboxylic acids is 1. The van der Waals surface area contributed by atoms with E-state index < -0.39 is 0 Å². The second-order valence-corrected chi connectivity index (χ2v) is 8.04. The van der Waals surface area contributed by atoms with Crippen molar-refractivity contribution in [2.75, 3.05) is 27.2 Å². The average Bonchev–Trinajstić information content (AvgIpc) is 3.35. The van der Waals surface area contributed by atoms with Gasteiger partial charge < -0.3 is 19.7 Å². The Balaban J connectivity index is 1.79. The van der Waals surface area contributed by atoms with Crippen molar-refractivity contribution in [3.05, 3.63) is 16.1 Å². The number of nitrogens with zero attached hydrogens (tertiary/aromatic N) is 3. The lowest BCUT2D eigenvalue weighted by Crippen LogP contribution is -2.38. The molecule has 1 atom stereocenters. The number of hydrogen-bond acceptors (Lipinski definition) is 6. The number of aromatic nitrogens is 1. The summed E-state index contributed by atoms with van der Waals surface area (Å²) >= 11 is 1.61. The molecule has 1 fully saturated rings. The van der Waals surface area contributed by atoms with E-state index in [9.17, 15) is 4.79 Å². The lowest BCUT2D eigenvalue weighted by molar-refractivity contribution is -0.148. The number of hydrogen-bond donors (Lipinski definition) is 1. The predicted molar refractivity (Wildman–Crippen MR) is 113 cm³/mol. The minimum atomic E-state index is -0.0947. The van der Waals surface area contributed by atoms with Crippen molar-refractivity contribution >= 4 is 23.3 Å². The number of esters is 1. The van der Waals surface area contributed by atoms with E-state index in [-0.39, 0.29) is 18.2 Å². The van der Waals surface area contributed by atoms with E-state index in [4.69, 9.17) is 9.47 Å². The molecule has 0 radical (unpaired) electrons. The summed E-state index contributed by atoms with van der Waals surface area (Å²) in [5.74, 6) is 0.726. The van der Waals surface area contributed by atoms with Crippen LogP contribution in [0.15, 0.2) is 10.4 Å². The third-order valence-corrected chi connectivity index (χ3v) is 5.82. The van der Waals surface area contributed by atoms with Crippen molar-refractivity contribution in [2.24, 2.45) is 4.99 Å². The van der Waals surface area contributed by atoms with Gasteiger partial charge in [-0.1, -0.05) is 0 Å². The van der Waals surface area contributed by atoms with Crippen LogP contribution in [-0.4, -0.2) is 55.2 Å². The second-order valence-electron chi connectivity index (χ2n) is 7.15. The molecular formula is C20H34N4O3S. The fourth-order valence-electron chi connectivity index (χ4n) is 3.13. The normalized spacial score (nSPS) is 16.2. The van der Waals surface area contributed by atoms with Crippen molar-refractivity contribution in [2.45, 2.75) is 71.1 Å². The Morgan fingerprint density at radius 3 is 2.89 bits per heavy atom. The van der Waals surface area contributed by atoms with Gasteiger partial charge in [-0.05, 0) is 46.0 Å². The van der Waals surface area contributed by atoms with Crippen LogP contribution in [0.4, 0.5) is 0 Å². The Hall–Kier alpha value is -1.67. The van der Waals surface area contributed by atoms with E-state index in [0.29, 0.717) is 25.9 Å². The number of nitrogens with one attached hydrogen (secondary N) is 1. The van der Waals surface area contributed by atoms with Crippen LogP contribution in [0, 0.1) is 0 Å². The first-order valence-corrected chi connectivity index (χ1v) is 11.1. The van der Waals surface area contributed by atoms with Crippen LogP contribution in [0.2, 0.25) is 0 Å². The highest BCUT2D eigenvalue weighted by Crippen LogP contribution is 2.22. The molecule has 1 unspecified atom stereocenters. The van der Waals surface area contributed by atoms with Crippen LogP contribution in [0.25, 0.3) is 0 Å². The van der Waals surface area contributed by atoms with Gasteiger partial charge in [0.1, 0.15) is 17.2 Å². The van der Waals surface area contributed by atoms with E-state index in [1.54, 1.807) is 18.4 Å². The summed E-state index contributed by atoms with van der Waals surface area (Å²) in [5.41, 5.74) is 0.997.